The monoisotopic (exact) mass is 374 g/mol. The first-order valence-corrected chi connectivity index (χ1v) is 8.73. The number of carboxylic acid groups (broad SMARTS) is 1. The van der Waals surface area contributed by atoms with Crippen LogP contribution in [-0.2, 0) is 0 Å². The predicted molar refractivity (Wildman–Crippen MR) is 109 cm³/mol. The first kappa shape index (κ1) is 17.1. The van der Waals surface area contributed by atoms with E-state index in [1.165, 1.54) is 17.5 Å². The number of rotatable bonds is 4. The molecule has 0 unspecified atom stereocenters. The van der Waals surface area contributed by atoms with Gasteiger partial charge in [-0.15, -0.1) is 0 Å². The molecule has 1 heterocycles. The van der Waals surface area contributed by atoms with Crippen molar-refractivity contribution in [3.63, 3.8) is 0 Å². The fraction of sp³-hybridized carbons (Fsp3) is 0. The number of hydrogen-bond donors (Lipinski definition) is 1. The summed E-state index contributed by atoms with van der Waals surface area (Å²) in [5, 5.41) is 11.9. The van der Waals surface area contributed by atoms with Gasteiger partial charge in [-0.3, -0.25) is 4.99 Å². The predicted octanol–water partition coefficient (Wildman–Crippen LogP) is 5.73. The second-order valence-electron chi connectivity index (χ2n) is 6.06. The molecule has 0 atom stereocenters. The molecule has 0 saturated carbocycles. The molecule has 0 aliphatic rings. The largest absolute Gasteiger partial charge is 0.478 e. The highest BCUT2D eigenvalue weighted by Crippen LogP contribution is 2.26. The first-order chi connectivity index (χ1) is 13.1. The molecule has 0 bridgehead atoms. The molecule has 0 fully saturated rings. The number of halogens is 1. The highest BCUT2D eigenvalue weighted by Gasteiger charge is 2.07. The SMILES string of the molecule is O=C(O)c1ccc(Cl)c(N=Cc2cccn2-c2ccc3ccccc3c2)c1. The molecule has 4 aromatic rings. The highest BCUT2D eigenvalue weighted by molar-refractivity contribution is 6.33. The number of benzene rings is 3. The molecule has 27 heavy (non-hydrogen) atoms. The summed E-state index contributed by atoms with van der Waals surface area (Å²) in [6.45, 7) is 0. The van der Waals surface area contributed by atoms with Gasteiger partial charge in [-0.2, -0.15) is 0 Å². The maximum Gasteiger partial charge on any atom is 0.335 e. The van der Waals surface area contributed by atoms with E-state index in [1.54, 1.807) is 12.3 Å². The lowest BCUT2D eigenvalue weighted by atomic mass is 10.1. The summed E-state index contributed by atoms with van der Waals surface area (Å²) in [6, 6.07) is 22.8. The van der Waals surface area contributed by atoms with E-state index in [9.17, 15) is 4.79 Å². The molecule has 0 aliphatic heterocycles. The van der Waals surface area contributed by atoms with Crippen LogP contribution in [0.5, 0.6) is 0 Å². The standard InChI is InChI=1S/C22H15ClN2O2/c23-20-10-8-17(22(26)27)13-21(20)24-14-19-6-3-11-25(19)18-9-7-15-4-1-2-5-16(15)12-18/h1-14H,(H,26,27). The van der Waals surface area contributed by atoms with Crippen LogP contribution < -0.4 is 0 Å². The number of fused-ring (bicyclic) bond motifs is 1. The number of nitrogens with zero attached hydrogens (tertiary/aromatic N) is 2. The van der Waals surface area contributed by atoms with Gasteiger partial charge < -0.3 is 9.67 Å². The van der Waals surface area contributed by atoms with Crippen LogP contribution in [0.15, 0.2) is 84.0 Å². The maximum absolute atomic E-state index is 11.1. The van der Waals surface area contributed by atoms with Gasteiger partial charge in [0.05, 0.1) is 28.2 Å². The van der Waals surface area contributed by atoms with Crippen LogP contribution in [0, 0.1) is 0 Å². The van der Waals surface area contributed by atoms with E-state index in [-0.39, 0.29) is 5.56 Å². The fourth-order valence-corrected chi connectivity index (χ4v) is 3.11. The van der Waals surface area contributed by atoms with Crippen LogP contribution in [-0.4, -0.2) is 21.9 Å². The van der Waals surface area contributed by atoms with Crippen LogP contribution in [0.3, 0.4) is 0 Å². The zero-order valence-corrected chi connectivity index (χ0v) is 15.0. The quantitative estimate of drug-likeness (QED) is 0.463. The van der Waals surface area contributed by atoms with E-state index >= 15 is 0 Å². The summed E-state index contributed by atoms with van der Waals surface area (Å²) in [6.07, 6.45) is 3.64. The lowest BCUT2D eigenvalue weighted by Gasteiger charge is -2.08. The minimum atomic E-state index is -1.01. The second-order valence-corrected chi connectivity index (χ2v) is 6.47. The third kappa shape index (κ3) is 3.48. The van der Waals surface area contributed by atoms with Crippen molar-refractivity contribution < 1.29 is 9.90 Å². The molecular weight excluding hydrogens is 360 g/mol. The molecule has 0 saturated heterocycles. The van der Waals surface area contributed by atoms with Gasteiger partial charge in [-0.25, -0.2) is 4.79 Å². The molecule has 0 spiro atoms. The van der Waals surface area contributed by atoms with Gasteiger partial charge in [0.1, 0.15) is 0 Å². The molecule has 4 rings (SSSR count). The van der Waals surface area contributed by atoms with Crippen LogP contribution in [0.1, 0.15) is 16.1 Å². The van der Waals surface area contributed by atoms with Crippen molar-refractivity contribution in [1.82, 2.24) is 4.57 Å². The van der Waals surface area contributed by atoms with Crippen LogP contribution in [0.4, 0.5) is 5.69 Å². The van der Waals surface area contributed by atoms with Crippen molar-refractivity contribution in [2.24, 2.45) is 4.99 Å². The Balaban J connectivity index is 1.71. The number of carbonyl (C=O) groups is 1. The Labute approximate surface area is 161 Å². The van der Waals surface area contributed by atoms with Gasteiger partial charge in [-0.05, 0) is 53.2 Å². The van der Waals surface area contributed by atoms with Gasteiger partial charge in [-0.1, -0.05) is 41.9 Å². The molecule has 0 aliphatic carbocycles. The second kappa shape index (κ2) is 7.09. The van der Waals surface area contributed by atoms with Gasteiger partial charge >= 0.3 is 5.97 Å². The third-order valence-corrected chi connectivity index (χ3v) is 4.64. The Hall–Kier alpha value is -3.37. The zero-order chi connectivity index (χ0) is 18.8. The Morgan fingerprint density at radius 1 is 0.963 bits per heavy atom. The number of aliphatic imine (C=N–C) groups is 1. The van der Waals surface area contributed by atoms with Crippen LogP contribution in [0.25, 0.3) is 16.5 Å². The van der Waals surface area contributed by atoms with Crippen molar-refractivity contribution in [3.05, 3.63) is 95.3 Å². The van der Waals surface area contributed by atoms with Gasteiger partial charge in [0.25, 0.3) is 0 Å². The van der Waals surface area contributed by atoms with E-state index in [1.807, 2.05) is 35.0 Å². The van der Waals surface area contributed by atoms with E-state index in [0.717, 1.165) is 16.8 Å². The lowest BCUT2D eigenvalue weighted by molar-refractivity contribution is 0.0697. The summed E-state index contributed by atoms with van der Waals surface area (Å²) < 4.78 is 2.02. The number of aromatic nitrogens is 1. The summed E-state index contributed by atoms with van der Waals surface area (Å²) in [5.41, 5.74) is 2.45. The van der Waals surface area contributed by atoms with Gasteiger partial charge in [0.15, 0.2) is 0 Å². The minimum Gasteiger partial charge on any atom is -0.478 e. The summed E-state index contributed by atoms with van der Waals surface area (Å²) in [4.78, 5) is 15.5. The molecule has 1 aromatic heterocycles. The average Bonchev–Trinajstić information content (AvgIpc) is 3.15. The maximum atomic E-state index is 11.1. The van der Waals surface area contributed by atoms with Crippen molar-refractivity contribution in [3.8, 4) is 5.69 Å². The van der Waals surface area contributed by atoms with E-state index in [0.29, 0.717) is 10.7 Å². The average molecular weight is 375 g/mol. The number of hydrogen-bond acceptors (Lipinski definition) is 2. The third-order valence-electron chi connectivity index (χ3n) is 4.32. The van der Waals surface area contributed by atoms with Gasteiger partial charge in [0, 0.05) is 11.9 Å². The summed E-state index contributed by atoms with van der Waals surface area (Å²) in [7, 11) is 0. The highest BCUT2D eigenvalue weighted by atomic mass is 35.5. The molecule has 132 valence electrons. The van der Waals surface area contributed by atoms with Gasteiger partial charge in [0.2, 0.25) is 0 Å². The minimum absolute atomic E-state index is 0.150. The van der Waals surface area contributed by atoms with Crippen LogP contribution >= 0.6 is 11.6 Å². The van der Waals surface area contributed by atoms with E-state index < -0.39 is 5.97 Å². The van der Waals surface area contributed by atoms with Crippen molar-refractivity contribution in [1.29, 1.82) is 0 Å². The molecule has 5 heteroatoms. The van der Waals surface area contributed by atoms with Crippen molar-refractivity contribution in [2.45, 2.75) is 0 Å². The van der Waals surface area contributed by atoms with E-state index in [4.69, 9.17) is 16.7 Å². The smallest absolute Gasteiger partial charge is 0.335 e. The van der Waals surface area contributed by atoms with Crippen molar-refractivity contribution in [2.75, 3.05) is 0 Å². The lowest BCUT2D eigenvalue weighted by Crippen LogP contribution is -1.98. The normalized spacial score (nSPS) is 11.3. The molecule has 0 amide bonds. The Kier molecular flexibility index (Phi) is 4.48. The zero-order valence-electron chi connectivity index (χ0n) is 14.2. The molecule has 0 radical (unpaired) electrons. The number of carboxylic acids is 1. The Bertz CT molecular complexity index is 1180. The van der Waals surface area contributed by atoms with Crippen LogP contribution in [0.2, 0.25) is 5.02 Å². The molecular formula is C22H15ClN2O2. The van der Waals surface area contributed by atoms with E-state index in [2.05, 4.69) is 35.3 Å². The molecule has 3 aromatic carbocycles. The Morgan fingerprint density at radius 3 is 2.59 bits per heavy atom. The Morgan fingerprint density at radius 2 is 1.78 bits per heavy atom. The summed E-state index contributed by atoms with van der Waals surface area (Å²) in [5.74, 6) is -1.01. The summed E-state index contributed by atoms with van der Waals surface area (Å²) >= 11 is 6.15. The number of aromatic carboxylic acids is 1. The van der Waals surface area contributed by atoms with Crippen molar-refractivity contribution >= 4 is 40.2 Å². The topological polar surface area (TPSA) is 54.6 Å². The molecule has 1 N–H and O–H groups in total. The first-order valence-electron chi connectivity index (χ1n) is 8.35. The molecule has 4 nitrogen and oxygen atoms in total. The fourth-order valence-electron chi connectivity index (χ4n) is 2.94.